The van der Waals surface area contributed by atoms with E-state index < -0.39 is 5.97 Å². The monoisotopic (exact) mass is 372 g/mol. The van der Waals surface area contributed by atoms with Gasteiger partial charge in [0.15, 0.2) is 0 Å². The largest absolute Gasteiger partial charge is 0.481 e. The van der Waals surface area contributed by atoms with Crippen molar-refractivity contribution >= 4 is 5.97 Å². The molecule has 2 nitrogen and oxygen atoms in total. The molecule has 0 saturated heterocycles. The average molecular weight is 373 g/mol. The molecule has 0 aliphatic heterocycles. The number of hydrogen-bond donors (Lipinski definition) is 1. The minimum absolute atomic E-state index is 0.346. The lowest BCUT2D eigenvalue weighted by Crippen LogP contribution is -2.14. The lowest BCUT2D eigenvalue weighted by molar-refractivity contribution is -0.143. The van der Waals surface area contributed by atoms with Crippen LogP contribution in [-0.4, -0.2) is 11.1 Å². The van der Waals surface area contributed by atoms with Crippen molar-refractivity contribution in [2.24, 2.45) is 10.8 Å². The summed E-state index contributed by atoms with van der Waals surface area (Å²) in [5.41, 5.74) is 4.63. The minimum atomic E-state index is -0.574. The van der Waals surface area contributed by atoms with E-state index in [9.17, 15) is 9.90 Å². The first kappa shape index (κ1) is 22.0. The van der Waals surface area contributed by atoms with E-state index in [1.807, 2.05) is 0 Å². The van der Waals surface area contributed by atoms with Crippen LogP contribution in [0, 0.1) is 17.8 Å². The van der Waals surface area contributed by atoms with Gasteiger partial charge >= 0.3 is 5.97 Å². The summed E-state index contributed by atoms with van der Waals surface area (Å²) in [6.45, 7) is 9.23. The molecule has 1 aromatic carbocycles. The summed E-state index contributed by atoms with van der Waals surface area (Å²) < 4.78 is 0. The molecule has 27 heavy (non-hydrogen) atoms. The number of hydrogen-bond acceptors (Lipinski definition) is 1. The van der Waals surface area contributed by atoms with Crippen molar-refractivity contribution in [1.29, 1.82) is 0 Å². The van der Waals surface area contributed by atoms with Crippen molar-refractivity contribution in [3.8, 4) is 0 Å². The third-order valence-corrected chi connectivity index (χ3v) is 6.27. The van der Waals surface area contributed by atoms with E-state index >= 15 is 0 Å². The van der Waals surface area contributed by atoms with Gasteiger partial charge in [0.25, 0.3) is 0 Å². The van der Waals surface area contributed by atoms with Crippen LogP contribution in [0.1, 0.15) is 102 Å². The molecule has 0 unspecified atom stereocenters. The summed E-state index contributed by atoms with van der Waals surface area (Å²) in [5.74, 6) is -0.574. The predicted molar refractivity (Wildman–Crippen MR) is 114 cm³/mol. The van der Waals surface area contributed by atoms with Crippen LogP contribution in [0.3, 0.4) is 0 Å². The fraction of sp³-hybridized carbons (Fsp3) is 0.720. The van der Waals surface area contributed by atoms with Gasteiger partial charge in [0, 0.05) is 0 Å². The Balaban J connectivity index is 1.73. The molecule has 1 saturated carbocycles. The first-order valence-corrected chi connectivity index (χ1v) is 11.0. The van der Waals surface area contributed by atoms with Crippen LogP contribution < -0.4 is 0 Å². The summed E-state index contributed by atoms with van der Waals surface area (Å²) in [4.78, 5) is 11.3. The molecule has 2 rings (SSSR count). The van der Waals surface area contributed by atoms with E-state index in [0.717, 1.165) is 38.5 Å². The number of benzene rings is 1. The van der Waals surface area contributed by atoms with E-state index in [1.54, 1.807) is 5.56 Å². The summed E-state index contributed by atoms with van der Waals surface area (Å²) in [7, 11) is 0. The minimum Gasteiger partial charge on any atom is -0.481 e. The van der Waals surface area contributed by atoms with Crippen molar-refractivity contribution in [2.75, 3.05) is 0 Å². The normalized spacial score (nSPS) is 15.7. The van der Waals surface area contributed by atoms with E-state index in [1.165, 1.54) is 49.7 Å². The van der Waals surface area contributed by atoms with Gasteiger partial charge in [-0.1, -0.05) is 64.7 Å². The molecule has 1 aliphatic carbocycles. The summed E-state index contributed by atoms with van der Waals surface area (Å²) in [5, 5.41) is 9.27. The smallest absolute Gasteiger partial charge is 0.309 e. The molecule has 0 atom stereocenters. The maximum Gasteiger partial charge on any atom is 0.309 e. The lowest BCUT2D eigenvalue weighted by Gasteiger charge is -2.18. The Kier molecular flexibility index (Phi) is 7.94. The fourth-order valence-corrected chi connectivity index (χ4v) is 4.17. The number of carbonyl (C=O) groups is 1. The number of carboxylic acids is 1. The molecule has 0 spiro atoms. The average Bonchev–Trinajstić information content (AvgIpc) is 3.36. The maximum atomic E-state index is 11.3. The second-order valence-electron chi connectivity index (χ2n) is 9.98. The van der Waals surface area contributed by atoms with Crippen LogP contribution in [0.15, 0.2) is 18.2 Å². The van der Waals surface area contributed by atoms with Gasteiger partial charge in [-0.05, 0) is 80.4 Å². The molecule has 152 valence electrons. The van der Waals surface area contributed by atoms with Gasteiger partial charge in [-0.2, -0.15) is 0 Å². The number of carboxylic acid groups (broad SMARTS) is 1. The Morgan fingerprint density at radius 1 is 1.00 bits per heavy atom. The zero-order chi connectivity index (χ0) is 19.9. The van der Waals surface area contributed by atoms with Gasteiger partial charge in [-0.3, -0.25) is 4.79 Å². The van der Waals surface area contributed by atoms with E-state index in [-0.39, 0.29) is 5.41 Å². The third-order valence-electron chi connectivity index (χ3n) is 6.27. The standard InChI is InChI=1S/C25H40O2/c1-20-12-11-14-21(22(20)15-8-6-9-16-24(2,3)4)13-7-5-10-17-25(18-19-25)23(26)27/h11-12,14H,5-10,13,15-19H2,1-4H3,(H,26,27). The van der Waals surface area contributed by atoms with Crippen molar-refractivity contribution < 1.29 is 9.90 Å². The van der Waals surface area contributed by atoms with E-state index in [2.05, 4.69) is 45.9 Å². The number of rotatable bonds is 12. The molecule has 0 aromatic heterocycles. The van der Waals surface area contributed by atoms with Crippen molar-refractivity contribution in [3.05, 3.63) is 34.9 Å². The Morgan fingerprint density at radius 2 is 1.67 bits per heavy atom. The predicted octanol–water partition coefficient (Wildman–Crippen LogP) is 7.11. The quantitative estimate of drug-likeness (QED) is 0.397. The summed E-state index contributed by atoms with van der Waals surface area (Å²) in [6, 6.07) is 6.74. The topological polar surface area (TPSA) is 37.3 Å². The van der Waals surface area contributed by atoms with Crippen LogP contribution in [-0.2, 0) is 17.6 Å². The van der Waals surface area contributed by atoms with Gasteiger partial charge in [0.2, 0.25) is 0 Å². The van der Waals surface area contributed by atoms with Crippen molar-refractivity contribution in [3.63, 3.8) is 0 Å². The number of aliphatic carboxylic acids is 1. The van der Waals surface area contributed by atoms with Gasteiger partial charge in [0.1, 0.15) is 0 Å². The molecule has 0 radical (unpaired) electrons. The summed E-state index contributed by atoms with van der Waals surface area (Å²) >= 11 is 0. The van der Waals surface area contributed by atoms with Crippen LogP contribution in [0.5, 0.6) is 0 Å². The highest BCUT2D eigenvalue weighted by Crippen LogP contribution is 2.50. The Bertz CT molecular complexity index is 605. The Morgan fingerprint density at radius 3 is 2.30 bits per heavy atom. The highest BCUT2D eigenvalue weighted by Gasteiger charge is 2.49. The molecule has 0 bridgehead atoms. The molecule has 2 heteroatoms. The van der Waals surface area contributed by atoms with Crippen LogP contribution in [0.25, 0.3) is 0 Å². The molecule has 1 fully saturated rings. The van der Waals surface area contributed by atoms with Crippen LogP contribution in [0.2, 0.25) is 0 Å². The molecule has 0 heterocycles. The Hall–Kier alpha value is -1.31. The fourth-order valence-electron chi connectivity index (χ4n) is 4.17. The highest BCUT2D eigenvalue weighted by molar-refractivity contribution is 5.77. The summed E-state index contributed by atoms with van der Waals surface area (Å²) in [6.07, 6.45) is 13.6. The first-order chi connectivity index (χ1) is 12.7. The van der Waals surface area contributed by atoms with Crippen molar-refractivity contribution in [1.82, 2.24) is 0 Å². The van der Waals surface area contributed by atoms with Crippen molar-refractivity contribution in [2.45, 2.75) is 105 Å². The van der Waals surface area contributed by atoms with Crippen LogP contribution >= 0.6 is 0 Å². The maximum absolute atomic E-state index is 11.3. The molecule has 0 amide bonds. The first-order valence-electron chi connectivity index (χ1n) is 11.0. The molecular formula is C25H40O2. The van der Waals surface area contributed by atoms with Gasteiger partial charge in [-0.25, -0.2) is 0 Å². The number of unbranched alkanes of at least 4 members (excludes halogenated alkanes) is 4. The van der Waals surface area contributed by atoms with Gasteiger partial charge in [-0.15, -0.1) is 0 Å². The van der Waals surface area contributed by atoms with Gasteiger partial charge < -0.3 is 5.11 Å². The van der Waals surface area contributed by atoms with E-state index in [4.69, 9.17) is 0 Å². The molecule has 1 aliphatic rings. The SMILES string of the molecule is Cc1cccc(CCCCCC2(C(=O)O)CC2)c1CCCCCC(C)(C)C. The lowest BCUT2D eigenvalue weighted by atomic mass is 9.88. The molecular weight excluding hydrogens is 332 g/mol. The van der Waals surface area contributed by atoms with Crippen LogP contribution in [0.4, 0.5) is 0 Å². The molecule has 1 aromatic rings. The highest BCUT2D eigenvalue weighted by atomic mass is 16.4. The second-order valence-corrected chi connectivity index (χ2v) is 9.98. The third kappa shape index (κ3) is 7.31. The number of aryl methyl sites for hydroxylation is 2. The Labute approximate surface area is 166 Å². The van der Waals surface area contributed by atoms with Gasteiger partial charge in [0.05, 0.1) is 5.41 Å². The second kappa shape index (κ2) is 9.75. The molecule has 1 N–H and O–H groups in total. The zero-order valence-corrected chi connectivity index (χ0v) is 18.1. The van der Waals surface area contributed by atoms with E-state index in [0.29, 0.717) is 5.41 Å². The zero-order valence-electron chi connectivity index (χ0n) is 18.1.